The monoisotopic (exact) mass is 515 g/mol. The number of aliphatic hydroxyl groups excluding tert-OH is 1. The predicted molar refractivity (Wildman–Crippen MR) is 147 cm³/mol. The molecule has 190 valence electrons. The number of nitrogens with one attached hydrogen (secondary N) is 1. The first-order chi connectivity index (χ1) is 18.0. The van der Waals surface area contributed by atoms with Crippen LogP contribution in [-0.4, -0.2) is 62.6 Å². The number of para-hydroxylation sites is 1. The van der Waals surface area contributed by atoms with Crippen molar-refractivity contribution in [1.82, 2.24) is 29.6 Å². The molecule has 1 unspecified atom stereocenters. The Hall–Kier alpha value is -3.44. The van der Waals surface area contributed by atoms with Gasteiger partial charge in [0, 0.05) is 38.6 Å². The molecule has 37 heavy (non-hydrogen) atoms. The number of anilines is 1. The molecule has 0 spiro atoms. The van der Waals surface area contributed by atoms with E-state index in [2.05, 4.69) is 32.1 Å². The van der Waals surface area contributed by atoms with Crippen molar-refractivity contribution in [3.05, 3.63) is 76.0 Å². The van der Waals surface area contributed by atoms with E-state index < -0.39 is 6.23 Å². The topological polar surface area (TPSA) is 98.9 Å². The Labute approximate surface area is 218 Å². The molecule has 9 nitrogen and oxygen atoms in total. The van der Waals surface area contributed by atoms with E-state index in [1.807, 2.05) is 47.7 Å². The normalized spacial score (nSPS) is 16.0. The third-order valence-electron chi connectivity index (χ3n) is 6.94. The number of rotatable bonds is 5. The number of pyridine rings is 2. The van der Waals surface area contributed by atoms with Crippen LogP contribution < -0.4 is 15.6 Å². The number of fused-ring (bicyclic) bond motifs is 5. The lowest BCUT2D eigenvalue weighted by atomic mass is 10.1. The van der Waals surface area contributed by atoms with Gasteiger partial charge in [-0.15, -0.1) is 11.3 Å². The maximum Gasteiger partial charge on any atom is 0.199 e. The van der Waals surface area contributed by atoms with Crippen LogP contribution in [0.5, 0.6) is 0 Å². The highest BCUT2D eigenvalue weighted by Crippen LogP contribution is 2.33. The summed E-state index contributed by atoms with van der Waals surface area (Å²) < 4.78 is 3.05. The highest BCUT2D eigenvalue weighted by molar-refractivity contribution is 7.24. The molecule has 6 rings (SSSR count). The van der Waals surface area contributed by atoms with Crippen LogP contribution in [0, 0.1) is 6.92 Å². The molecule has 0 radical (unpaired) electrons. The molecular formula is C27H29N7O2S. The number of hydrogen-bond donors (Lipinski definition) is 2. The Bertz CT molecular complexity index is 1650. The third kappa shape index (κ3) is 4.46. The fourth-order valence-electron chi connectivity index (χ4n) is 4.91. The predicted octanol–water partition coefficient (Wildman–Crippen LogP) is 3.08. The molecule has 0 bridgehead atoms. The largest absolute Gasteiger partial charge is 0.374 e. The van der Waals surface area contributed by atoms with E-state index in [-0.39, 0.29) is 12.0 Å². The second kappa shape index (κ2) is 9.79. The fraction of sp³-hybridized carbons (Fsp3) is 0.333. The van der Waals surface area contributed by atoms with Crippen molar-refractivity contribution in [1.29, 1.82) is 0 Å². The molecule has 10 heteroatoms. The molecule has 5 aromatic rings. The van der Waals surface area contributed by atoms with Crippen LogP contribution in [0.3, 0.4) is 0 Å². The van der Waals surface area contributed by atoms with Gasteiger partial charge in [-0.3, -0.25) is 24.5 Å². The van der Waals surface area contributed by atoms with Gasteiger partial charge in [0.1, 0.15) is 16.9 Å². The zero-order valence-electron chi connectivity index (χ0n) is 20.9. The highest BCUT2D eigenvalue weighted by Gasteiger charge is 2.24. The molecule has 0 saturated carbocycles. The smallest absolute Gasteiger partial charge is 0.199 e. The van der Waals surface area contributed by atoms with E-state index in [4.69, 9.17) is 4.98 Å². The van der Waals surface area contributed by atoms with Gasteiger partial charge in [0.2, 0.25) is 0 Å². The standard InChI is InChI=1S/C27H29N7O2S/c1-17-14-29-18(15-28-17)16-30-26(36)23-24(35)19-8-9-22(33-11-5-10-32(2)12-13-33)31-25(19)34-20-6-3-4-7-21(20)37-27(23)34/h3-4,6-9,14-15,26,30,36H,5,10-13,16H2,1-2H3. The van der Waals surface area contributed by atoms with Crippen molar-refractivity contribution in [2.24, 2.45) is 0 Å². The van der Waals surface area contributed by atoms with Crippen LogP contribution in [-0.2, 0) is 6.54 Å². The zero-order valence-corrected chi connectivity index (χ0v) is 21.7. The van der Waals surface area contributed by atoms with E-state index in [0.717, 1.165) is 54.3 Å². The van der Waals surface area contributed by atoms with Crippen LogP contribution in [0.4, 0.5) is 5.82 Å². The first-order valence-electron chi connectivity index (χ1n) is 12.5. The summed E-state index contributed by atoms with van der Waals surface area (Å²) in [6, 6.07) is 11.8. The molecule has 0 aliphatic carbocycles. The number of hydrogen-bond acceptors (Lipinski definition) is 9. The molecule has 4 aromatic heterocycles. The van der Waals surface area contributed by atoms with Gasteiger partial charge in [-0.1, -0.05) is 12.1 Å². The van der Waals surface area contributed by atoms with Crippen molar-refractivity contribution < 1.29 is 5.11 Å². The molecule has 1 aliphatic rings. The maximum atomic E-state index is 13.8. The summed E-state index contributed by atoms with van der Waals surface area (Å²) in [5.74, 6) is 0.871. The van der Waals surface area contributed by atoms with Gasteiger partial charge in [0.25, 0.3) is 0 Å². The Kier molecular flexibility index (Phi) is 6.33. The van der Waals surface area contributed by atoms with Crippen LogP contribution in [0.2, 0.25) is 0 Å². The minimum Gasteiger partial charge on any atom is -0.374 e. The van der Waals surface area contributed by atoms with Crippen LogP contribution >= 0.6 is 11.3 Å². The molecule has 1 saturated heterocycles. The number of aryl methyl sites for hydroxylation is 1. The Morgan fingerprint density at radius 1 is 1.08 bits per heavy atom. The lowest BCUT2D eigenvalue weighted by Gasteiger charge is -2.22. The van der Waals surface area contributed by atoms with Gasteiger partial charge in [0.15, 0.2) is 11.1 Å². The lowest BCUT2D eigenvalue weighted by molar-refractivity contribution is 0.137. The summed E-state index contributed by atoms with van der Waals surface area (Å²) in [5, 5.41) is 14.8. The number of aromatic nitrogens is 4. The second-order valence-corrected chi connectivity index (χ2v) is 10.6. The maximum absolute atomic E-state index is 13.8. The van der Waals surface area contributed by atoms with Gasteiger partial charge in [-0.25, -0.2) is 4.98 Å². The van der Waals surface area contributed by atoms with Crippen LogP contribution in [0.15, 0.2) is 53.6 Å². The van der Waals surface area contributed by atoms with Crippen LogP contribution in [0.25, 0.3) is 26.1 Å². The molecule has 1 aromatic carbocycles. The lowest BCUT2D eigenvalue weighted by Crippen LogP contribution is -2.30. The number of nitrogens with zero attached hydrogens (tertiary/aromatic N) is 6. The molecule has 1 aliphatic heterocycles. The highest BCUT2D eigenvalue weighted by atomic mass is 32.1. The average Bonchev–Trinajstić information content (AvgIpc) is 3.15. The molecule has 5 heterocycles. The fourth-order valence-corrected chi connectivity index (χ4v) is 6.12. The summed E-state index contributed by atoms with van der Waals surface area (Å²) in [4.78, 5) is 32.8. The van der Waals surface area contributed by atoms with Crippen LogP contribution in [0.1, 0.15) is 29.6 Å². The number of thiazole rings is 1. The van der Waals surface area contributed by atoms with Gasteiger partial charge in [0.05, 0.1) is 32.6 Å². The van der Waals surface area contributed by atoms with Crippen molar-refractivity contribution in [2.45, 2.75) is 26.1 Å². The Balaban J connectivity index is 1.48. The number of aliphatic hydroxyl groups is 1. The molecule has 1 atom stereocenters. The van der Waals surface area contributed by atoms with Crippen molar-refractivity contribution in [3.63, 3.8) is 0 Å². The van der Waals surface area contributed by atoms with E-state index in [0.29, 0.717) is 27.1 Å². The van der Waals surface area contributed by atoms with E-state index in [1.165, 1.54) is 11.3 Å². The average molecular weight is 516 g/mol. The van der Waals surface area contributed by atoms with Crippen molar-refractivity contribution >= 4 is 43.2 Å². The van der Waals surface area contributed by atoms with E-state index >= 15 is 0 Å². The van der Waals surface area contributed by atoms with Gasteiger partial charge < -0.3 is 14.9 Å². The van der Waals surface area contributed by atoms with E-state index in [1.54, 1.807) is 12.4 Å². The summed E-state index contributed by atoms with van der Waals surface area (Å²) in [7, 11) is 2.14. The van der Waals surface area contributed by atoms with Gasteiger partial charge >= 0.3 is 0 Å². The van der Waals surface area contributed by atoms with Gasteiger partial charge in [-0.05, 0) is 51.2 Å². The zero-order chi connectivity index (χ0) is 25.5. The first kappa shape index (κ1) is 23.9. The summed E-state index contributed by atoms with van der Waals surface area (Å²) >= 11 is 1.49. The summed E-state index contributed by atoms with van der Waals surface area (Å²) in [6.45, 7) is 6.00. The number of likely N-dealkylation sites (N-methyl/N-ethyl adjacent to an activating group) is 1. The second-order valence-electron chi connectivity index (χ2n) is 9.57. The molecule has 2 N–H and O–H groups in total. The SMILES string of the molecule is Cc1cnc(CNC(O)c2c(=O)c3ccc(N4CCCN(C)CC4)nc3n3c2sc2ccccc23)cn1. The Morgan fingerprint density at radius 3 is 2.78 bits per heavy atom. The quantitative estimate of drug-likeness (QED) is 0.345. The summed E-state index contributed by atoms with van der Waals surface area (Å²) in [5.41, 5.74) is 3.19. The minimum atomic E-state index is -1.18. The van der Waals surface area contributed by atoms with E-state index in [9.17, 15) is 9.90 Å². The first-order valence-corrected chi connectivity index (χ1v) is 13.3. The van der Waals surface area contributed by atoms with Crippen molar-refractivity contribution in [2.75, 3.05) is 38.1 Å². The van der Waals surface area contributed by atoms with Crippen molar-refractivity contribution in [3.8, 4) is 0 Å². The minimum absolute atomic E-state index is 0.216. The third-order valence-corrected chi connectivity index (χ3v) is 8.10. The Morgan fingerprint density at radius 2 is 1.95 bits per heavy atom. The number of benzene rings is 1. The molecular weight excluding hydrogens is 486 g/mol. The molecule has 0 amide bonds. The molecule has 1 fully saturated rings. The van der Waals surface area contributed by atoms with Gasteiger partial charge in [-0.2, -0.15) is 0 Å². The summed E-state index contributed by atoms with van der Waals surface area (Å²) in [6.07, 6.45) is 3.24.